The van der Waals surface area contributed by atoms with Gasteiger partial charge in [0.25, 0.3) is 10.0 Å². The quantitative estimate of drug-likeness (QED) is 0.113. The van der Waals surface area contributed by atoms with E-state index in [0.717, 1.165) is 140 Å². The summed E-state index contributed by atoms with van der Waals surface area (Å²) in [5, 5.41) is 7.04. The molecular weight excluding hydrogens is 1250 g/mol. The van der Waals surface area contributed by atoms with Gasteiger partial charge in [-0.25, -0.2) is 67.2 Å². The summed E-state index contributed by atoms with van der Waals surface area (Å²) in [5.74, 6) is 2.10. The summed E-state index contributed by atoms with van der Waals surface area (Å²) in [6.45, 7) is 12.1. The van der Waals surface area contributed by atoms with Crippen LogP contribution in [-0.2, 0) is 32.5 Å². The second-order valence-electron chi connectivity index (χ2n) is 21.2. The number of carbonyl (C=O) groups excluding carboxylic acids is 2. The number of rotatable bonds is 9. The summed E-state index contributed by atoms with van der Waals surface area (Å²) in [6, 6.07) is 35.6. The van der Waals surface area contributed by atoms with Gasteiger partial charge in [-0.3, -0.25) is 9.59 Å². The number of benzene rings is 2. The van der Waals surface area contributed by atoms with Gasteiger partial charge in [0, 0.05) is 161 Å². The van der Waals surface area contributed by atoms with Gasteiger partial charge < -0.3 is 30.0 Å². The first-order valence-electron chi connectivity index (χ1n) is 29.6. The topological polar surface area (TPSA) is 268 Å². The van der Waals surface area contributed by atoms with Crippen LogP contribution in [-0.4, -0.2) is 151 Å². The molecule has 10 aromatic heterocycles. The third-order valence-corrected chi connectivity index (χ3v) is 17.2. The summed E-state index contributed by atoms with van der Waals surface area (Å²) in [7, 11) is -3.80. The lowest BCUT2D eigenvalue weighted by molar-refractivity contribution is -0.129. The summed E-state index contributed by atoms with van der Waals surface area (Å²) in [5.41, 5.74) is 9.39. The van der Waals surface area contributed by atoms with E-state index in [4.69, 9.17) is 39.8 Å². The van der Waals surface area contributed by atoms with E-state index in [1.165, 1.54) is 34.5 Å². The van der Waals surface area contributed by atoms with Crippen molar-refractivity contribution in [1.29, 1.82) is 0 Å². The molecule has 0 unspecified atom stereocenters. The number of aryl methyl sites for hydroxylation is 3. The Hall–Kier alpha value is -9.65. The fourth-order valence-electron chi connectivity index (χ4n) is 10.2. The summed E-state index contributed by atoms with van der Waals surface area (Å²) < 4.78 is 27.4. The molecule has 2 amide bonds. The van der Waals surface area contributed by atoms with Crippen LogP contribution in [0.1, 0.15) is 43.6 Å². The molecule has 2 saturated heterocycles. The largest absolute Gasteiger partial charge is 0.355 e. The van der Waals surface area contributed by atoms with Gasteiger partial charge in [0.1, 0.15) is 57.4 Å². The summed E-state index contributed by atoms with van der Waals surface area (Å²) in [6.07, 6.45) is 20.4. The smallest absolute Gasteiger partial charge is 0.269 e. The zero-order chi connectivity index (χ0) is 64.4. The van der Waals surface area contributed by atoms with E-state index in [1.54, 1.807) is 81.2 Å². The van der Waals surface area contributed by atoms with Crippen molar-refractivity contribution in [2.75, 3.05) is 57.3 Å². The summed E-state index contributed by atoms with van der Waals surface area (Å²) >= 11 is 16.8. The van der Waals surface area contributed by atoms with Crippen LogP contribution in [0.4, 0.5) is 5.82 Å². The van der Waals surface area contributed by atoms with Crippen molar-refractivity contribution in [1.82, 2.24) is 83.9 Å². The number of halogens is 3. The van der Waals surface area contributed by atoms with Gasteiger partial charge in [-0.15, -0.1) is 0 Å². The van der Waals surface area contributed by atoms with E-state index >= 15 is 0 Å². The minimum atomic E-state index is -3.80. The van der Waals surface area contributed by atoms with Crippen LogP contribution < -0.4 is 10.2 Å². The SMILES string of the molecule is CC(=O)N1CCCN(c2cc(-c3c[nH]c4ncccc34)ncn2)CC1.CC(=O)N1CCCNCC1.Cc1ccc(S(=O)(=O)n2cc(-c3cc(Cl)ncn3)c3cccnc32)cc1.Clc1cc(Cl)ncn1.c1ccc(CCc2nccc(-c3c[nH]c4ncccc34)n2)cc1. The second kappa shape index (κ2) is 31.4. The third kappa shape index (κ3) is 17.0. The van der Waals surface area contributed by atoms with Gasteiger partial charge >= 0.3 is 0 Å². The average molecular weight is 1310 g/mol. The number of hydrogen-bond donors (Lipinski definition) is 3. The van der Waals surface area contributed by atoms with E-state index < -0.39 is 10.0 Å². The van der Waals surface area contributed by atoms with Crippen molar-refractivity contribution in [2.24, 2.45) is 0 Å². The number of aromatic amines is 2. The van der Waals surface area contributed by atoms with Crippen LogP contribution in [0.5, 0.6) is 0 Å². The fraction of sp³-hybridized carbons (Fsp3) is 0.227. The Morgan fingerprint density at radius 1 is 0.522 bits per heavy atom. The van der Waals surface area contributed by atoms with Crippen LogP contribution in [0, 0.1) is 6.92 Å². The third-order valence-electron chi connectivity index (χ3n) is 15.0. The Morgan fingerprint density at radius 3 is 1.77 bits per heavy atom. The molecule has 12 aromatic rings. The maximum Gasteiger partial charge on any atom is 0.269 e. The van der Waals surface area contributed by atoms with E-state index in [2.05, 4.69) is 100 Å². The minimum Gasteiger partial charge on any atom is -0.355 e. The van der Waals surface area contributed by atoms with Gasteiger partial charge in [0.15, 0.2) is 5.65 Å². The normalized spacial score (nSPS) is 13.3. The standard InChI is InChI=1S/C19H16N4.C18H13ClN4O2S.C18H20N6O.C7H14N2O.C4H2Cl2N2/c1-2-5-14(6-3-1)8-9-18-20-12-10-17(23-18)16-13-22-19-15(16)7-4-11-21-19;1-12-4-6-13(7-5-12)26(24,25)23-10-15(14-3-2-8-20-18(14)23)16-9-17(19)22-11-21-16;1-13(25)23-6-3-7-24(9-8-23)17-10-16(21-12-22-17)15-11-20-18-14(15)4-2-5-19-18;1-7(10)9-5-2-3-8-4-6-9;5-3-1-4(6)8-2-7-3/h1-7,10-13H,8-9H2,(H,21,22);2-11H,1H3;2,4-5,10-12H,3,6-9H2,1H3,(H,19,20);8H,2-6H2,1H3;1-2H. The average Bonchev–Trinajstić information content (AvgIpc) is 1.61. The maximum absolute atomic E-state index is 13.1. The molecule has 470 valence electrons. The monoisotopic (exact) mass is 1310 g/mol. The Bertz CT molecular complexity index is 4530. The Balaban J connectivity index is 0.000000133. The number of carbonyl (C=O) groups is 2. The van der Waals surface area contributed by atoms with E-state index in [9.17, 15) is 18.0 Å². The number of amides is 2. The van der Waals surface area contributed by atoms with Gasteiger partial charge in [-0.2, -0.15) is 0 Å². The lowest BCUT2D eigenvalue weighted by Crippen LogP contribution is -2.33. The molecule has 0 saturated carbocycles. The number of anilines is 1. The van der Waals surface area contributed by atoms with Crippen molar-refractivity contribution in [3.63, 3.8) is 0 Å². The summed E-state index contributed by atoms with van der Waals surface area (Å²) in [4.78, 5) is 81.3. The van der Waals surface area contributed by atoms with Crippen LogP contribution in [0.25, 0.3) is 66.9 Å². The highest BCUT2D eigenvalue weighted by Crippen LogP contribution is 2.33. The number of nitrogens with zero attached hydrogens (tertiary/aromatic N) is 15. The molecule has 3 N–H and O–H groups in total. The first kappa shape index (κ1) is 65.3. The first-order chi connectivity index (χ1) is 44.7. The Morgan fingerprint density at radius 2 is 1.12 bits per heavy atom. The molecule has 12 heterocycles. The Labute approximate surface area is 546 Å². The van der Waals surface area contributed by atoms with Crippen molar-refractivity contribution >= 4 is 95.6 Å². The van der Waals surface area contributed by atoms with E-state index in [-0.39, 0.29) is 21.9 Å². The molecule has 2 aliphatic rings. The molecular formula is C66H65Cl3N18O4S. The molecule has 22 nitrogen and oxygen atoms in total. The lowest BCUT2D eigenvalue weighted by atomic mass is 10.1. The zero-order valence-corrected chi connectivity index (χ0v) is 53.7. The number of aromatic nitrogens is 14. The van der Waals surface area contributed by atoms with Gasteiger partial charge in [-0.05, 0) is 92.9 Å². The maximum atomic E-state index is 13.1. The first-order valence-corrected chi connectivity index (χ1v) is 32.1. The van der Waals surface area contributed by atoms with Gasteiger partial charge in [-0.1, -0.05) is 82.8 Å². The van der Waals surface area contributed by atoms with Crippen molar-refractivity contribution in [3.05, 3.63) is 210 Å². The highest BCUT2D eigenvalue weighted by molar-refractivity contribution is 7.90. The molecule has 14 rings (SSSR count). The molecule has 0 radical (unpaired) electrons. The van der Waals surface area contributed by atoms with E-state index in [0.29, 0.717) is 32.6 Å². The number of nitrogens with one attached hydrogen (secondary N) is 3. The van der Waals surface area contributed by atoms with Crippen LogP contribution in [0.3, 0.4) is 0 Å². The Kier molecular flexibility index (Phi) is 22.3. The molecule has 2 aliphatic heterocycles. The molecule has 2 aromatic carbocycles. The molecule has 92 heavy (non-hydrogen) atoms. The second-order valence-corrected chi connectivity index (χ2v) is 24.2. The minimum absolute atomic E-state index is 0.136. The van der Waals surface area contributed by atoms with Crippen molar-refractivity contribution < 1.29 is 18.0 Å². The van der Waals surface area contributed by atoms with E-state index in [1.807, 2.05) is 71.7 Å². The number of H-pyrrole nitrogens is 2. The highest BCUT2D eigenvalue weighted by Gasteiger charge is 2.24. The van der Waals surface area contributed by atoms with Crippen LogP contribution >= 0.6 is 34.8 Å². The van der Waals surface area contributed by atoms with Crippen molar-refractivity contribution in [3.8, 4) is 33.8 Å². The predicted octanol–water partition coefficient (Wildman–Crippen LogP) is 11.2. The number of fused-ring (bicyclic) bond motifs is 3. The molecule has 0 atom stereocenters. The molecule has 0 bridgehead atoms. The van der Waals surface area contributed by atoms with Crippen LogP contribution in [0.15, 0.2) is 183 Å². The predicted molar refractivity (Wildman–Crippen MR) is 358 cm³/mol. The zero-order valence-electron chi connectivity index (χ0n) is 50.6. The van der Waals surface area contributed by atoms with Crippen LogP contribution in [0.2, 0.25) is 15.5 Å². The number of pyridine rings is 3. The molecule has 2 fully saturated rings. The van der Waals surface area contributed by atoms with Gasteiger partial charge in [0.2, 0.25) is 11.8 Å². The van der Waals surface area contributed by atoms with Crippen molar-refractivity contribution in [2.45, 2.75) is 51.3 Å². The molecule has 0 spiro atoms. The number of hydrogen-bond acceptors (Lipinski definition) is 17. The lowest BCUT2D eigenvalue weighted by Gasteiger charge is -2.22. The van der Waals surface area contributed by atoms with Gasteiger partial charge in [0.05, 0.1) is 22.0 Å². The molecule has 26 heteroatoms. The fourth-order valence-corrected chi connectivity index (χ4v) is 12.1. The highest BCUT2D eigenvalue weighted by atomic mass is 35.5. The molecule has 0 aliphatic carbocycles.